The molecule has 6 nitrogen and oxygen atoms in total. The maximum Gasteiger partial charge on any atom is 0.266 e. The Labute approximate surface area is 188 Å². The molecule has 2 aromatic rings. The molecule has 0 aliphatic carbocycles. The Balaban J connectivity index is 1.96. The van der Waals surface area contributed by atoms with Crippen molar-refractivity contribution in [2.24, 2.45) is 4.99 Å². The molecule has 8 heteroatoms. The van der Waals surface area contributed by atoms with Crippen LogP contribution in [0.25, 0.3) is 6.08 Å². The first-order valence-corrected chi connectivity index (χ1v) is 10.7. The monoisotopic (exact) mass is 524 g/mol. The number of carbonyl (C=O) groups excluding carboxylic acids is 1. The van der Waals surface area contributed by atoms with Crippen LogP contribution in [0.4, 0.5) is 5.69 Å². The second kappa shape index (κ2) is 10.1. The number of nitrogens with zero attached hydrogens (tertiary/aromatic N) is 2. The lowest BCUT2D eigenvalue weighted by Crippen LogP contribution is -2.32. The highest BCUT2D eigenvalue weighted by molar-refractivity contribution is 14.1. The fourth-order valence-corrected chi connectivity index (χ4v) is 4.63. The minimum absolute atomic E-state index is 0.0912. The van der Waals surface area contributed by atoms with Crippen LogP contribution in [0.15, 0.2) is 52.4 Å². The number of hydrogen-bond acceptors (Lipinski definition) is 6. The number of methoxy groups -OCH3 is 3. The van der Waals surface area contributed by atoms with Crippen molar-refractivity contribution in [3.63, 3.8) is 0 Å². The van der Waals surface area contributed by atoms with Gasteiger partial charge in [-0.25, -0.2) is 4.99 Å². The Morgan fingerprint density at radius 1 is 1.14 bits per heavy atom. The highest BCUT2D eigenvalue weighted by Gasteiger charge is 2.33. The number of hydrogen-bond donors (Lipinski definition) is 0. The van der Waals surface area contributed by atoms with Gasteiger partial charge in [0.05, 0.1) is 41.5 Å². The largest absolute Gasteiger partial charge is 0.493 e. The van der Waals surface area contributed by atoms with Crippen LogP contribution in [0.1, 0.15) is 5.56 Å². The minimum Gasteiger partial charge on any atom is -0.493 e. The Morgan fingerprint density at radius 2 is 1.90 bits per heavy atom. The van der Waals surface area contributed by atoms with Crippen LogP contribution in [0.3, 0.4) is 0 Å². The van der Waals surface area contributed by atoms with Crippen molar-refractivity contribution in [3.8, 4) is 11.5 Å². The third-order valence-electron chi connectivity index (χ3n) is 4.14. The van der Waals surface area contributed by atoms with Gasteiger partial charge in [-0.05, 0) is 70.3 Å². The summed E-state index contributed by atoms with van der Waals surface area (Å²) in [5.74, 6) is 1.20. The van der Waals surface area contributed by atoms with Crippen LogP contribution in [0.2, 0.25) is 0 Å². The fraction of sp³-hybridized carbons (Fsp3) is 0.238. The highest BCUT2D eigenvalue weighted by Crippen LogP contribution is 2.37. The lowest BCUT2D eigenvalue weighted by atomic mass is 10.2. The van der Waals surface area contributed by atoms with Crippen LogP contribution in [-0.4, -0.2) is 50.5 Å². The SMILES string of the molecule is COCCN1C(=O)/C(=C\c2cc(I)c(OC)c(OC)c2)SC1=Nc1ccccc1. The van der Waals surface area contributed by atoms with Crippen molar-refractivity contribution in [2.45, 2.75) is 0 Å². The van der Waals surface area contributed by atoms with E-state index in [4.69, 9.17) is 14.2 Å². The molecular formula is C21H21IN2O4S. The molecule has 0 spiro atoms. The molecule has 0 aromatic heterocycles. The summed E-state index contributed by atoms with van der Waals surface area (Å²) in [6.45, 7) is 0.871. The van der Waals surface area contributed by atoms with Gasteiger partial charge in [-0.2, -0.15) is 0 Å². The number of amidine groups is 1. The van der Waals surface area contributed by atoms with Crippen LogP contribution in [0, 0.1) is 3.57 Å². The number of rotatable bonds is 7. The zero-order valence-electron chi connectivity index (χ0n) is 16.3. The summed E-state index contributed by atoms with van der Waals surface area (Å²) in [4.78, 5) is 19.9. The molecule has 1 aliphatic rings. The molecule has 0 unspecified atom stereocenters. The first-order valence-electron chi connectivity index (χ1n) is 8.83. The maximum absolute atomic E-state index is 13.0. The Bertz CT molecular complexity index is 947. The van der Waals surface area contributed by atoms with Gasteiger partial charge in [-0.3, -0.25) is 9.69 Å². The predicted molar refractivity (Wildman–Crippen MR) is 125 cm³/mol. The number of carbonyl (C=O) groups is 1. The van der Waals surface area contributed by atoms with Crippen molar-refractivity contribution >= 4 is 57.2 Å². The normalized spacial score (nSPS) is 16.7. The molecule has 1 saturated heterocycles. The zero-order chi connectivity index (χ0) is 20.8. The van der Waals surface area contributed by atoms with Gasteiger partial charge in [-0.15, -0.1) is 0 Å². The first kappa shape index (κ1) is 21.7. The van der Waals surface area contributed by atoms with E-state index in [0.717, 1.165) is 14.8 Å². The smallest absolute Gasteiger partial charge is 0.266 e. The van der Waals surface area contributed by atoms with E-state index in [1.807, 2.05) is 48.5 Å². The number of halogens is 1. The highest BCUT2D eigenvalue weighted by atomic mass is 127. The Kier molecular flexibility index (Phi) is 7.57. The van der Waals surface area contributed by atoms with Gasteiger partial charge in [0, 0.05) is 7.11 Å². The van der Waals surface area contributed by atoms with Crippen LogP contribution in [0.5, 0.6) is 11.5 Å². The molecule has 1 aliphatic heterocycles. The van der Waals surface area contributed by atoms with Crippen LogP contribution >= 0.6 is 34.4 Å². The van der Waals surface area contributed by atoms with Crippen molar-refractivity contribution in [1.82, 2.24) is 4.90 Å². The lowest BCUT2D eigenvalue weighted by molar-refractivity contribution is -0.122. The summed E-state index contributed by atoms with van der Waals surface area (Å²) in [7, 11) is 4.82. The zero-order valence-corrected chi connectivity index (χ0v) is 19.3. The molecule has 1 fully saturated rings. The third-order valence-corrected chi connectivity index (χ3v) is 5.95. The Hall–Kier alpha value is -2.04. The van der Waals surface area contributed by atoms with E-state index in [1.54, 1.807) is 26.2 Å². The number of para-hydroxylation sites is 1. The summed E-state index contributed by atoms with van der Waals surface area (Å²) >= 11 is 3.55. The van der Waals surface area contributed by atoms with Gasteiger partial charge in [0.25, 0.3) is 5.91 Å². The number of aliphatic imine (C=N–C) groups is 1. The van der Waals surface area contributed by atoms with Gasteiger partial charge in [0.2, 0.25) is 0 Å². The van der Waals surface area contributed by atoms with Crippen molar-refractivity contribution in [2.75, 3.05) is 34.5 Å². The quantitative estimate of drug-likeness (QED) is 0.393. The fourth-order valence-electron chi connectivity index (χ4n) is 2.76. The summed E-state index contributed by atoms with van der Waals surface area (Å²) in [6.07, 6.45) is 1.85. The maximum atomic E-state index is 13.0. The van der Waals surface area contributed by atoms with Gasteiger partial charge >= 0.3 is 0 Å². The first-order chi connectivity index (χ1) is 14.1. The van der Waals surface area contributed by atoms with Gasteiger partial charge in [0.1, 0.15) is 0 Å². The van der Waals surface area contributed by atoms with Crippen molar-refractivity contribution in [1.29, 1.82) is 0 Å². The van der Waals surface area contributed by atoms with Crippen LogP contribution < -0.4 is 9.47 Å². The minimum atomic E-state index is -0.0912. The van der Waals surface area contributed by atoms with E-state index in [9.17, 15) is 4.79 Å². The summed E-state index contributed by atoms with van der Waals surface area (Å²) in [5.41, 5.74) is 1.66. The Morgan fingerprint density at radius 3 is 2.55 bits per heavy atom. The second-order valence-electron chi connectivity index (χ2n) is 6.03. The van der Waals surface area contributed by atoms with E-state index in [2.05, 4.69) is 27.6 Å². The number of amides is 1. The molecule has 152 valence electrons. The van der Waals surface area contributed by atoms with E-state index < -0.39 is 0 Å². The summed E-state index contributed by atoms with van der Waals surface area (Å²) < 4.78 is 16.9. The summed E-state index contributed by atoms with van der Waals surface area (Å²) in [6, 6.07) is 13.4. The summed E-state index contributed by atoms with van der Waals surface area (Å²) in [5, 5.41) is 0.639. The van der Waals surface area contributed by atoms with Gasteiger partial charge in [0.15, 0.2) is 16.7 Å². The lowest BCUT2D eigenvalue weighted by Gasteiger charge is -2.14. The molecule has 0 atom stereocenters. The standard InChI is InChI=1S/C21H21IN2O4S/c1-26-10-9-24-20(25)18(29-21(24)23-15-7-5-4-6-8-15)13-14-11-16(22)19(28-3)17(12-14)27-2/h4-8,11-13H,9-10H2,1-3H3/b18-13+,23-21?. The van der Waals surface area contributed by atoms with Gasteiger partial charge in [-0.1, -0.05) is 18.2 Å². The molecule has 0 saturated carbocycles. The number of thioether (sulfide) groups is 1. The van der Waals surface area contributed by atoms with E-state index in [0.29, 0.717) is 34.7 Å². The topological polar surface area (TPSA) is 60.4 Å². The third kappa shape index (κ3) is 5.12. The molecule has 0 radical (unpaired) electrons. The molecule has 3 rings (SSSR count). The molecule has 0 bridgehead atoms. The molecular weight excluding hydrogens is 503 g/mol. The van der Waals surface area contributed by atoms with Crippen molar-refractivity contribution < 1.29 is 19.0 Å². The average molecular weight is 524 g/mol. The van der Waals surface area contributed by atoms with Crippen LogP contribution in [-0.2, 0) is 9.53 Å². The predicted octanol–water partition coefficient (Wildman–Crippen LogP) is 4.56. The van der Waals surface area contributed by atoms with E-state index >= 15 is 0 Å². The number of ether oxygens (including phenoxy) is 3. The number of benzene rings is 2. The van der Waals surface area contributed by atoms with E-state index in [1.165, 1.54) is 11.8 Å². The van der Waals surface area contributed by atoms with Gasteiger partial charge < -0.3 is 14.2 Å². The molecule has 1 amide bonds. The van der Waals surface area contributed by atoms with Crippen molar-refractivity contribution in [3.05, 3.63) is 56.5 Å². The molecule has 2 aromatic carbocycles. The second-order valence-corrected chi connectivity index (χ2v) is 8.20. The average Bonchev–Trinajstić information content (AvgIpc) is 3.00. The molecule has 0 N–H and O–H groups in total. The molecule has 1 heterocycles. The van der Waals surface area contributed by atoms with E-state index in [-0.39, 0.29) is 5.91 Å². The molecule has 29 heavy (non-hydrogen) atoms.